The molecule has 0 saturated carbocycles. The molecule has 2 aromatic rings. The maximum Gasteiger partial charge on any atom is 0.410 e. The van der Waals surface area contributed by atoms with Crippen LogP contribution in [0.1, 0.15) is 76.5 Å². The van der Waals surface area contributed by atoms with Crippen molar-refractivity contribution in [3.63, 3.8) is 0 Å². The molecule has 0 bridgehead atoms. The lowest BCUT2D eigenvalue weighted by Crippen LogP contribution is -2.48. The highest BCUT2D eigenvalue weighted by Crippen LogP contribution is 2.41. The molecule has 4 rings (SSSR count). The summed E-state index contributed by atoms with van der Waals surface area (Å²) in [5.74, 6) is 2.20. The fourth-order valence-electron chi connectivity index (χ4n) is 4.81. The van der Waals surface area contributed by atoms with Crippen LogP contribution in [0.4, 0.5) is 4.79 Å². The number of piperidine rings is 1. The Morgan fingerprint density at radius 3 is 2.37 bits per heavy atom. The third-order valence-corrected chi connectivity index (χ3v) is 6.38. The van der Waals surface area contributed by atoms with Crippen molar-refractivity contribution in [2.24, 2.45) is 0 Å². The van der Waals surface area contributed by atoms with Crippen molar-refractivity contribution >= 4 is 6.09 Å². The second-order valence-electron chi connectivity index (χ2n) is 9.67. The number of ether oxygens (including phenoxy) is 1. The average molecular weight is 411 g/mol. The molecule has 0 radical (unpaired) electrons. The van der Waals surface area contributed by atoms with Crippen LogP contribution in [0.2, 0.25) is 0 Å². The molecule has 162 valence electrons. The van der Waals surface area contributed by atoms with Gasteiger partial charge in [0.15, 0.2) is 0 Å². The van der Waals surface area contributed by atoms with E-state index in [4.69, 9.17) is 9.84 Å². The lowest BCUT2D eigenvalue weighted by Gasteiger charge is -2.42. The second-order valence-corrected chi connectivity index (χ2v) is 9.67. The van der Waals surface area contributed by atoms with Gasteiger partial charge >= 0.3 is 6.09 Å². The third kappa shape index (κ3) is 4.23. The molecule has 6 heteroatoms. The monoisotopic (exact) mass is 410 g/mol. The topological polar surface area (TPSA) is 60.2 Å². The minimum absolute atomic E-state index is 0.218. The van der Waals surface area contributed by atoms with Crippen LogP contribution >= 0.6 is 0 Å². The number of carbonyl (C=O) groups excluding carboxylic acids is 1. The number of fused-ring (bicyclic) bond motifs is 1. The zero-order valence-electron chi connectivity index (χ0n) is 18.6. The number of rotatable bonds is 2. The highest BCUT2D eigenvalue weighted by Gasteiger charge is 2.43. The molecule has 2 aliphatic heterocycles. The van der Waals surface area contributed by atoms with E-state index in [1.54, 1.807) is 0 Å². The first-order valence-electron chi connectivity index (χ1n) is 11.4. The van der Waals surface area contributed by atoms with E-state index < -0.39 is 5.60 Å². The van der Waals surface area contributed by atoms with Crippen LogP contribution in [-0.2, 0) is 23.1 Å². The minimum Gasteiger partial charge on any atom is -0.444 e. The van der Waals surface area contributed by atoms with E-state index in [2.05, 4.69) is 40.0 Å². The Bertz CT molecular complexity index is 861. The molecule has 0 spiro atoms. The normalized spacial score (nSPS) is 19.5. The van der Waals surface area contributed by atoms with Gasteiger partial charge in [-0.25, -0.2) is 4.79 Å². The number of aromatic nitrogens is 3. The van der Waals surface area contributed by atoms with Gasteiger partial charge in [-0.2, -0.15) is 0 Å². The summed E-state index contributed by atoms with van der Waals surface area (Å²) in [4.78, 5) is 14.5. The van der Waals surface area contributed by atoms with Gasteiger partial charge in [0, 0.05) is 26.1 Å². The predicted octanol–water partition coefficient (Wildman–Crippen LogP) is 4.71. The Kier molecular flexibility index (Phi) is 5.85. The third-order valence-electron chi connectivity index (χ3n) is 6.38. The summed E-state index contributed by atoms with van der Waals surface area (Å²) in [7, 11) is 0. The fraction of sp³-hybridized carbons (Fsp3) is 0.625. The van der Waals surface area contributed by atoms with Crippen molar-refractivity contribution in [3.8, 4) is 0 Å². The number of likely N-dealkylation sites (tertiary alicyclic amines) is 1. The molecule has 1 saturated heterocycles. The quantitative estimate of drug-likeness (QED) is 0.719. The molecule has 0 aliphatic carbocycles. The number of amides is 1. The molecule has 1 fully saturated rings. The summed E-state index contributed by atoms with van der Waals surface area (Å²) < 4.78 is 8.00. The van der Waals surface area contributed by atoms with Gasteiger partial charge in [0.05, 0.1) is 5.41 Å². The van der Waals surface area contributed by atoms with Crippen LogP contribution in [0.3, 0.4) is 0 Å². The van der Waals surface area contributed by atoms with Crippen LogP contribution in [0.15, 0.2) is 30.3 Å². The van der Waals surface area contributed by atoms with E-state index in [9.17, 15) is 4.79 Å². The number of hydrogen-bond acceptors (Lipinski definition) is 4. The molecule has 30 heavy (non-hydrogen) atoms. The summed E-state index contributed by atoms with van der Waals surface area (Å²) in [6.07, 6.45) is 7.33. The van der Waals surface area contributed by atoms with Gasteiger partial charge in [0.25, 0.3) is 0 Å². The van der Waals surface area contributed by atoms with E-state index in [1.807, 2.05) is 25.7 Å². The number of aryl methyl sites for hydroxylation is 1. The molecular weight excluding hydrogens is 376 g/mol. The second kappa shape index (κ2) is 8.40. The molecule has 0 unspecified atom stereocenters. The molecule has 0 atom stereocenters. The Morgan fingerprint density at radius 2 is 1.67 bits per heavy atom. The molecule has 6 nitrogen and oxygen atoms in total. The predicted molar refractivity (Wildman–Crippen MR) is 116 cm³/mol. The van der Waals surface area contributed by atoms with E-state index in [-0.39, 0.29) is 11.5 Å². The Morgan fingerprint density at radius 1 is 0.967 bits per heavy atom. The van der Waals surface area contributed by atoms with Crippen molar-refractivity contribution in [2.75, 3.05) is 13.1 Å². The molecule has 3 heterocycles. The van der Waals surface area contributed by atoms with Crippen LogP contribution in [0.5, 0.6) is 0 Å². The number of benzene rings is 1. The van der Waals surface area contributed by atoms with Gasteiger partial charge in [-0.05, 0) is 52.0 Å². The van der Waals surface area contributed by atoms with Crippen LogP contribution in [0.25, 0.3) is 0 Å². The summed E-state index contributed by atoms with van der Waals surface area (Å²) in [5, 5.41) is 9.38. The summed E-state index contributed by atoms with van der Waals surface area (Å²) in [6.45, 7) is 8.05. The number of nitrogens with zero attached hydrogens (tertiary/aromatic N) is 4. The fourth-order valence-corrected chi connectivity index (χ4v) is 4.81. The Labute approximate surface area is 179 Å². The summed E-state index contributed by atoms with van der Waals surface area (Å²) >= 11 is 0. The van der Waals surface area contributed by atoms with Gasteiger partial charge in [-0.15, -0.1) is 10.2 Å². The summed E-state index contributed by atoms with van der Waals surface area (Å²) in [6, 6.07) is 10.7. The minimum atomic E-state index is -0.478. The van der Waals surface area contributed by atoms with Gasteiger partial charge in [-0.1, -0.05) is 43.2 Å². The molecule has 0 N–H and O–H groups in total. The average Bonchev–Trinajstić information content (AvgIpc) is 3.09. The standard InChI is InChI=1S/C24H34N4O2/c1-23(2,3)30-22(29)27-17-14-24(15-18-27,19-11-7-6-8-12-19)21-26-25-20-13-9-4-5-10-16-28(20)21/h6-8,11-12H,4-5,9-10,13-18H2,1-3H3. The Hall–Kier alpha value is -2.37. The van der Waals surface area contributed by atoms with Gasteiger partial charge in [0.1, 0.15) is 17.2 Å². The highest BCUT2D eigenvalue weighted by molar-refractivity contribution is 5.68. The molecule has 1 aromatic carbocycles. The molecular formula is C24H34N4O2. The number of hydrogen-bond donors (Lipinski definition) is 0. The first-order valence-corrected chi connectivity index (χ1v) is 11.4. The van der Waals surface area contributed by atoms with E-state index in [0.29, 0.717) is 13.1 Å². The van der Waals surface area contributed by atoms with Crippen molar-refractivity contribution < 1.29 is 9.53 Å². The van der Waals surface area contributed by atoms with E-state index in [0.717, 1.165) is 37.5 Å². The maximum atomic E-state index is 12.6. The number of carbonyl (C=O) groups is 1. The van der Waals surface area contributed by atoms with Gasteiger partial charge in [-0.3, -0.25) is 0 Å². The van der Waals surface area contributed by atoms with Gasteiger partial charge < -0.3 is 14.2 Å². The Balaban J connectivity index is 1.65. The lowest BCUT2D eigenvalue weighted by atomic mass is 9.72. The van der Waals surface area contributed by atoms with Crippen LogP contribution in [-0.4, -0.2) is 44.4 Å². The van der Waals surface area contributed by atoms with Crippen molar-refractivity contribution in [3.05, 3.63) is 47.5 Å². The SMILES string of the molecule is CC(C)(C)OC(=O)N1CCC(c2ccccc2)(c2nnc3n2CCCCCC3)CC1. The first-order chi connectivity index (χ1) is 14.4. The van der Waals surface area contributed by atoms with Crippen LogP contribution in [0, 0.1) is 0 Å². The zero-order valence-corrected chi connectivity index (χ0v) is 18.6. The van der Waals surface area contributed by atoms with Crippen molar-refractivity contribution in [2.45, 2.75) is 83.3 Å². The molecule has 1 aromatic heterocycles. The molecule has 2 aliphatic rings. The summed E-state index contributed by atoms with van der Waals surface area (Å²) in [5.41, 5.74) is 0.573. The van der Waals surface area contributed by atoms with E-state index in [1.165, 1.54) is 31.2 Å². The maximum absolute atomic E-state index is 12.6. The van der Waals surface area contributed by atoms with Crippen LogP contribution < -0.4 is 0 Å². The van der Waals surface area contributed by atoms with Crippen molar-refractivity contribution in [1.29, 1.82) is 0 Å². The molecule has 1 amide bonds. The lowest BCUT2D eigenvalue weighted by molar-refractivity contribution is 0.0175. The van der Waals surface area contributed by atoms with E-state index >= 15 is 0 Å². The highest BCUT2D eigenvalue weighted by atomic mass is 16.6. The van der Waals surface area contributed by atoms with Gasteiger partial charge in [0.2, 0.25) is 0 Å². The largest absolute Gasteiger partial charge is 0.444 e. The van der Waals surface area contributed by atoms with Crippen molar-refractivity contribution in [1.82, 2.24) is 19.7 Å². The first kappa shape index (κ1) is 20.9. The smallest absolute Gasteiger partial charge is 0.410 e. The zero-order chi connectivity index (χ0) is 21.2.